The first-order valence-corrected chi connectivity index (χ1v) is 7.67. The molecule has 0 radical (unpaired) electrons. The first kappa shape index (κ1) is 12.0. The Hall–Kier alpha value is -0.430. The van der Waals surface area contributed by atoms with E-state index in [2.05, 4.69) is 34.6 Å². The molecule has 0 bridgehead atoms. The summed E-state index contributed by atoms with van der Waals surface area (Å²) in [5, 5.41) is 10.3. The van der Waals surface area contributed by atoms with Crippen LogP contribution in [-0.4, -0.2) is 16.2 Å². The van der Waals surface area contributed by atoms with Crippen LogP contribution in [0, 0.1) is 0 Å². The van der Waals surface area contributed by atoms with E-state index in [1.165, 1.54) is 4.88 Å². The van der Waals surface area contributed by atoms with Gasteiger partial charge in [0.25, 0.3) is 0 Å². The molecule has 0 spiro atoms. The Kier molecular flexibility index (Phi) is 4.34. The van der Waals surface area contributed by atoms with Gasteiger partial charge in [-0.3, -0.25) is 0 Å². The SMILES string of the molecule is CCC(N)C(Sc1nncs1)c1cccs1. The maximum Gasteiger partial charge on any atom is 0.174 e. The van der Waals surface area contributed by atoms with Crippen molar-refractivity contribution in [2.75, 3.05) is 0 Å². The molecule has 0 fully saturated rings. The fraction of sp³-hybridized carbons (Fsp3) is 0.400. The average molecular weight is 271 g/mol. The fourth-order valence-electron chi connectivity index (χ4n) is 1.35. The van der Waals surface area contributed by atoms with E-state index in [0.717, 1.165) is 10.8 Å². The largest absolute Gasteiger partial charge is 0.326 e. The summed E-state index contributed by atoms with van der Waals surface area (Å²) in [5.74, 6) is 0. The van der Waals surface area contributed by atoms with Crippen molar-refractivity contribution < 1.29 is 0 Å². The molecule has 0 saturated carbocycles. The van der Waals surface area contributed by atoms with Crippen LogP contribution in [0.5, 0.6) is 0 Å². The molecule has 2 heterocycles. The molecule has 2 aromatic rings. The zero-order valence-corrected chi connectivity index (χ0v) is 11.3. The van der Waals surface area contributed by atoms with Gasteiger partial charge in [-0.15, -0.1) is 21.5 Å². The summed E-state index contributed by atoms with van der Waals surface area (Å²) in [6.45, 7) is 2.12. The maximum atomic E-state index is 6.17. The van der Waals surface area contributed by atoms with Crippen LogP contribution in [0.15, 0.2) is 27.4 Å². The number of nitrogens with zero attached hydrogens (tertiary/aromatic N) is 2. The van der Waals surface area contributed by atoms with Gasteiger partial charge in [-0.25, -0.2) is 0 Å². The molecule has 2 N–H and O–H groups in total. The predicted molar refractivity (Wildman–Crippen MR) is 71.1 cm³/mol. The normalized spacial score (nSPS) is 14.9. The van der Waals surface area contributed by atoms with E-state index in [-0.39, 0.29) is 11.3 Å². The highest BCUT2D eigenvalue weighted by Gasteiger charge is 2.22. The van der Waals surface area contributed by atoms with Gasteiger partial charge in [0.2, 0.25) is 0 Å². The Morgan fingerprint density at radius 3 is 2.94 bits per heavy atom. The topological polar surface area (TPSA) is 51.8 Å². The number of aromatic nitrogens is 2. The predicted octanol–water partition coefficient (Wildman–Crippen LogP) is 3.17. The van der Waals surface area contributed by atoms with E-state index in [9.17, 15) is 0 Å². The van der Waals surface area contributed by atoms with Gasteiger partial charge in [-0.1, -0.05) is 36.1 Å². The summed E-state index contributed by atoms with van der Waals surface area (Å²) >= 11 is 5.03. The second kappa shape index (κ2) is 5.77. The molecule has 0 aromatic carbocycles. The zero-order chi connectivity index (χ0) is 11.4. The number of hydrogen-bond donors (Lipinski definition) is 1. The Bertz CT molecular complexity index is 399. The molecule has 0 aliphatic rings. The van der Waals surface area contributed by atoms with Gasteiger partial charge in [0.05, 0.1) is 5.25 Å². The van der Waals surface area contributed by atoms with E-state index >= 15 is 0 Å². The zero-order valence-electron chi connectivity index (χ0n) is 8.87. The minimum absolute atomic E-state index is 0.160. The molecule has 0 amide bonds. The molecule has 2 rings (SSSR count). The Balaban J connectivity index is 2.15. The highest BCUT2D eigenvalue weighted by molar-refractivity contribution is 8.01. The summed E-state index contributed by atoms with van der Waals surface area (Å²) in [4.78, 5) is 1.31. The molecule has 0 saturated heterocycles. The third kappa shape index (κ3) is 2.82. The standard InChI is InChI=1S/C10H13N3S3/c1-2-7(11)9(8-4-3-5-14-8)16-10-13-12-6-15-10/h3-7,9H,2,11H2,1H3. The Morgan fingerprint density at radius 2 is 2.38 bits per heavy atom. The van der Waals surface area contributed by atoms with Crippen LogP contribution in [0.25, 0.3) is 0 Å². The van der Waals surface area contributed by atoms with Crippen molar-refractivity contribution in [3.63, 3.8) is 0 Å². The molecule has 16 heavy (non-hydrogen) atoms. The van der Waals surface area contributed by atoms with Gasteiger partial charge >= 0.3 is 0 Å². The van der Waals surface area contributed by atoms with Crippen LogP contribution in [-0.2, 0) is 0 Å². The molecule has 2 unspecified atom stereocenters. The van der Waals surface area contributed by atoms with E-state index in [1.807, 2.05) is 0 Å². The number of thioether (sulfide) groups is 1. The number of rotatable bonds is 5. The van der Waals surface area contributed by atoms with Gasteiger partial charge in [0.1, 0.15) is 5.51 Å². The minimum atomic E-state index is 0.160. The van der Waals surface area contributed by atoms with Gasteiger partial charge in [0, 0.05) is 10.9 Å². The Labute approximate surface area is 107 Å². The van der Waals surface area contributed by atoms with Crippen molar-refractivity contribution in [2.24, 2.45) is 5.73 Å². The smallest absolute Gasteiger partial charge is 0.174 e. The Morgan fingerprint density at radius 1 is 1.50 bits per heavy atom. The van der Waals surface area contributed by atoms with Gasteiger partial charge in [0.15, 0.2) is 4.34 Å². The highest BCUT2D eigenvalue weighted by atomic mass is 32.2. The molecule has 86 valence electrons. The maximum absolute atomic E-state index is 6.17. The molecule has 6 heteroatoms. The van der Waals surface area contributed by atoms with E-state index in [4.69, 9.17) is 5.73 Å². The fourth-order valence-corrected chi connectivity index (χ4v) is 4.25. The highest BCUT2D eigenvalue weighted by Crippen LogP contribution is 2.40. The summed E-state index contributed by atoms with van der Waals surface area (Å²) in [6.07, 6.45) is 0.967. The van der Waals surface area contributed by atoms with E-state index in [1.54, 1.807) is 39.9 Å². The molecule has 2 aromatic heterocycles. The van der Waals surface area contributed by atoms with Crippen molar-refractivity contribution in [3.05, 3.63) is 27.9 Å². The van der Waals surface area contributed by atoms with Gasteiger partial charge < -0.3 is 5.73 Å². The van der Waals surface area contributed by atoms with Crippen LogP contribution in [0.1, 0.15) is 23.5 Å². The first-order valence-electron chi connectivity index (χ1n) is 5.03. The minimum Gasteiger partial charge on any atom is -0.326 e. The van der Waals surface area contributed by atoms with Crippen LogP contribution >= 0.6 is 34.4 Å². The molecule has 2 atom stereocenters. The average Bonchev–Trinajstić information content (AvgIpc) is 2.97. The number of nitrogens with two attached hydrogens (primary N) is 1. The third-order valence-electron chi connectivity index (χ3n) is 2.25. The quantitative estimate of drug-likeness (QED) is 0.849. The van der Waals surface area contributed by atoms with Crippen molar-refractivity contribution in [3.8, 4) is 0 Å². The van der Waals surface area contributed by atoms with E-state index < -0.39 is 0 Å². The lowest BCUT2D eigenvalue weighted by molar-refractivity contribution is 0.639. The second-order valence-electron chi connectivity index (χ2n) is 3.33. The summed E-state index contributed by atoms with van der Waals surface area (Å²) < 4.78 is 0.988. The molecule has 3 nitrogen and oxygen atoms in total. The third-order valence-corrected chi connectivity index (χ3v) is 5.56. The summed E-state index contributed by atoms with van der Waals surface area (Å²) in [5.41, 5.74) is 7.92. The number of hydrogen-bond acceptors (Lipinski definition) is 6. The lowest BCUT2D eigenvalue weighted by Gasteiger charge is -2.19. The molecule has 0 aliphatic heterocycles. The van der Waals surface area contributed by atoms with Crippen LogP contribution in [0.4, 0.5) is 0 Å². The lowest BCUT2D eigenvalue weighted by Crippen LogP contribution is -2.25. The molecule has 0 aliphatic carbocycles. The van der Waals surface area contributed by atoms with E-state index in [0.29, 0.717) is 0 Å². The summed E-state index contributed by atoms with van der Waals surface area (Å²) in [6, 6.07) is 4.36. The van der Waals surface area contributed by atoms with Crippen LogP contribution in [0.2, 0.25) is 0 Å². The van der Waals surface area contributed by atoms with Crippen molar-refractivity contribution in [2.45, 2.75) is 29.0 Å². The van der Waals surface area contributed by atoms with Crippen molar-refractivity contribution in [1.29, 1.82) is 0 Å². The van der Waals surface area contributed by atoms with Crippen LogP contribution < -0.4 is 5.73 Å². The molecular formula is C10H13N3S3. The second-order valence-corrected chi connectivity index (χ2v) is 6.53. The first-order chi connectivity index (χ1) is 7.81. The van der Waals surface area contributed by atoms with Gasteiger partial charge in [-0.2, -0.15) is 0 Å². The number of thiophene rings is 1. The van der Waals surface area contributed by atoms with Crippen molar-refractivity contribution in [1.82, 2.24) is 10.2 Å². The monoisotopic (exact) mass is 271 g/mol. The van der Waals surface area contributed by atoms with Crippen LogP contribution in [0.3, 0.4) is 0 Å². The molecular weight excluding hydrogens is 258 g/mol. The summed E-state index contributed by atoms with van der Waals surface area (Å²) in [7, 11) is 0. The van der Waals surface area contributed by atoms with Crippen molar-refractivity contribution >= 4 is 34.4 Å². The lowest BCUT2D eigenvalue weighted by atomic mass is 10.1. The van der Waals surface area contributed by atoms with Gasteiger partial charge in [-0.05, 0) is 17.9 Å².